The van der Waals surface area contributed by atoms with Gasteiger partial charge in [0.25, 0.3) is 0 Å². The van der Waals surface area contributed by atoms with Crippen LogP contribution in [0.5, 0.6) is 0 Å². The number of hydrogen-bond donors (Lipinski definition) is 2. The zero-order valence-electron chi connectivity index (χ0n) is 11.1. The smallest absolute Gasteiger partial charge is 0.323 e. The fourth-order valence-corrected chi connectivity index (χ4v) is 4.43. The fourth-order valence-electron chi connectivity index (χ4n) is 3.35. The Labute approximate surface area is 116 Å². The molecule has 108 valence electrons. The van der Waals surface area contributed by atoms with Gasteiger partial charge in [-0.25, -0.2) is 0 Å². The zero-order valence-corrected chi connectivity index (χ0v) is 12.0. The summed E-state index contributed by atoms with van der Waals surface area (Å²) in [5.41, 5.74) is -0.706. The van der Waals surface area contributed by atoms with Gasteiger partial charge in [-0.1, -0.05) is 0 Å². The third-order valence-electron chi connectivity index (χ3n) is 4.68. The second-order valence-corrected chi connectivity index (χ2v) is 7.78. The van der Waals surface area contributed by atoms with E-state index in [1.807, 2.05) is 0 Å². The summed E-state index contributed by atoms with van der Waals surface area (Å²) in [5.74, 6) is 0.793. The number of carboxylic acids is 1. The molecule has 0 radical (unpaired) electrons. The Hall–Kier alpha value is -0.460. The molecule has 0 bridgehead atoms. The molecule has 3 aliphatic rings. The monoisotopic (exact) mass is 286 g/mol. The molecular formula is C13H22N2O3S. The number of hydrogen-bond acceptors (Lipinski definition) is 4. The molecule has 5 nitrogen and oxygen atoms in total. The Morgan fingerprint density at radius 2 is 1.95 bits per heavy atom. The van der Waals surface area contributed by atoms with Crippen LogP contribution in [0.15, 0.2) is 0 Å². The van der Waals surface area contributed by atoms with E-state index >= 15 is 0 Å². The maximum atomic E-state index is 11.6. The van der Waals surface area contributed by atoms with Gasteiger partial charge in [0.15, 0.2) is 0 Å². The van der Waals surface area contributed by atoms with Gasteiger partial charge in [-0.2, -0.15) is 0 Å². The molecule has 3 fully saturated rings. The van der Waals surface area contributed by atoms with E-state index < -0.39 is 22.3 Å². The summed E-state index contributed by atoms with van der Waals surface area (Å²) in [6.45, 7) is 1.72. The van der Waals surface area contributed by atoms with Crippen LogP contribution in [0.1, 0.15) is 32.1 Å². The van der Waals surface area contributed by atoms with Crippen molar-refractivity contribution in [2.24, 2.45) is 0 Å². The Kier molecular flexibility index (Phi) is 3.66. The highest BCUT2D eigenvalue weighted by atomic mass is 32.2. The lowest BCUT2D eigenvalue weighted by molar-refractivity contribution is -0.145. The highest BCUT2D eigenvalue weighted by molar-refractivity contribution is 7.85. The van der Waals surface area contributed by atoms with Crippen LogP contribution in [0.4, 0.5) is 0 Å². The Bertz CT molecular complexity index is 389. The highest BCUT2D eigenvalue weighted by Crippen LogP contribution is 2.36. The lowest BCUT2D eigenvalue weighted by atomic mass is 9.97. The quantitative estimate of drug-likeness (QED) is 0.771. The Balaban J connectivity index is 1.63. The molecule has 0 amide bonds. The van der Waals surface area contributed by atoms with E-state index in [0.29, 0.717) is 18.5 Å². The number of carbonyl (C=O) groups is 1. The summed E-state index contributed by atoms with van der Waals surface area (Å²) in [5, 5.41) is 12.9. The van der Waals surface area contributed by atoms with Gasteiger partial charge in [-0.3, -0.25) is 19.2 Å². The van der Waals surface area contributed by atoms with E-state index in [0.717, 1.165) is 50.3 Å². The van der Waals surface area contributed by atoms with Crippen LogP contribution in [0.3, 0.4) is 0 Å². The van der Waals surface area contributed by atoms with Crippen LogP contribution in [0.25, 0.3) is 0 Å². The number of nitrogens with one attached hydrogen (secondary N) is 1. The van der Waals surface area contributed by atoms with Crippen molar-refractivity contribution in [2.45, 2.75) is 49.7 Å². The van der Waals surface area contributed by atoms with Gasteiger partial charge in [0, 0.05) is 47.5 Å². The van der Waals surface area contributed by atoms with Gasteiger partial charge in [0.05, 0.1) is 0 Å². The third-order valence-corrected chi connectivity index (χ3v) is 5.96. The molecule has 2 atom stereocenters. The van der Waals surface area contributed by atoms with E-state index in [-0.39, 0.29) is 0 Å². The summed E-state index contributed by atoms with van der Waals surface area (Å²) >= 11 is 0. The lowest BCUT2D eigenvalue weighted by Gasteiger charge is -2.33. The van der Waals surface area contributed by atoms with E-state index in [1.165, 1.54) is 0 Å². The normalized spacial score (nSPS) is 37.6. The zero-order chi connectivity index (χ0) is 13.5. The van der Waals surface area contributed by atoms with Gasteiger partial charge in [-0.15, -0.1) is 0 Å². The van der Waals surface area contributed by atoms with Gasteiger partial charge >= 0.3 is 5.97 Å². The van der Waals surface area contributed by atoms with E-state index in [9.17, 15) is 14.1 Å². The topological polar surface area (TPSA) is 69.6 Å². The summed E-state index contributed by atoms with van der Waals surface area (Å²) < 4.78 is 11.4. The van der Waals surface area contributed by atoms with Gasteiger partial charge in [0.1, 0.15) is 5.54 Å². The predicted octanol–water partition coefficient (Wildman–Crippen LogP) is 0.179. The predicted molar refractivity (Wildman–Crippen MR) is 73.6 cm³/mol. The van der Waals surface area contributed by atoms with Crippen LogP contribution in [-0.2, 0) is 15.6 Å². The van der Waals surface area contributed by atoms with Crippen molar-refractivity contribution < 1.29 is 14.1 Å². The first-order valence-corrected chi connectivity index (χ1v) is 8.68. The molecule has 0 aromatic rings. The molecule has 19 heavy (non-hydrogen) atoms. The number of nitrogens with zero attached hydrogens (tertiary/aromatic N) is 1. The number of rotatable bonds is 4. The van der Waals surface area contributed by atoms with Crippen molar-refractivity contribution in [2.75, 3.05) is 24.6 Å². The molecule has 2 unspecified atom stereocenters. The largest absolute Gasteiger partial charge is 0.480 e. The first-order chi connectivity index (χ1) is 9.09. The average Bonchev–Trinajstić information content (AvgIpc) is 3.08. The van der Waals surface area contributed by atoms with E-state index in [1.54, 1.807) is 0 Å². The van der Waals surface area contributed by atoms with Crippen molar-refractivity contribution in [3.63, 3.8) is 0 Å². The minimum atomic E-state index is -0.706. The maximum Gasteiger partial charge on any atom is 0.323 e. The molecule has 2 N–H and O–H groups in total. The van der Waals surface area contributed by atoms with E-state index in [2.05, 4.69) is 10.2 Å². The summed E-state index contributed by atoms with van der Waals surface area (Å²) in [7, 11) is -0.662. The van der Waals surface area contributed by atoms with Crippen molar-refractivity contribution in [1.82, 2.24) is 10.2 Å². The third kappa shape index (κ3) is 2.85. The van der Waals surface area contributed by atoms with Crippen molar-refractivity contribution in [3.05, 3.63) is 0 Å². The number of carboxylic acid groups (broad SMARTS) is 1. The number of aliphatic carboxylic acids is 1. The van der Waals surface area contributed by atoms with Crippen LogP contribution in [-0.4, -0.2) is 62.4 Å². The Morgan fingerprint density at radius 1 is 1.26 bits per heavy atom. The summed E-state index contributed by atoms with van der Waals surface area (Å²) in [4.78, 5) is 14.0. The van der Waals surface area contributed by atoms with Gasteiger partial charge in [-0.05, 0) is 32.1 Å². The second-order valence-electron chi connectivity index (χ2n) is 6.09. The van der Waals surface area contributed by atoms with Gasteiger partial charge in [0.2, 0.25) is 0 Å². The summed E-state index contributed by atoms with van der Waals surface area (Å²) in [6, 6.07) is 0.767. The lowest BCUT2D eigenvalue weighted by Crippen LogP contribution is -2.53. The molecule has 0 spiro atoms. The minimum Gasteiger partial charge on any atom is -0.480 e. The molecule has 1 heterocycles. The van der Waals surface area contributed by atoms with Crippen LogP contribution in [0.2, 0.25) is 0 Å². The van der Waals surface area contributed by atoms with Crippen LogP contribution < -0.4 is 5.32 Å². The Morgan fingerprint density at radius 3 is 2.53 bits per heavy atom. The van der Waals surface area contributed by atoms with Crippen molar-refractivity contribution in [3.8, 4) is 0 Å². The SMILES string of the molecule is O=C(O)C1(NC2CC2)CCC(N2CCS(=O)CC2)C1. The molecule has 2 saturated carbocycles. The molecule has 0 aromatic heterocycles. The average molecular weight is 286 g/mol. The maximum absolute atomic E-state index is 11.6. The first-order valence-electron chi connectivity index (χ1n) is 7.19. The van der Waals surface area contributed by atoms with Crippen LogP contribution in [0, 0.1) is 0 Å². The summed E-state index contributed by atoms with van der Waals surface area (Å²) in [6.07, 6.45) is 4.60. The molecule has 3 rings (SSSR count). The second kappa shape index (κ2) is 5.14. The highest BCUT2D eigenvalue weighted by Gasteiger charge is 2.49. The van der Waals surface area contributed by atoms with Crippen molar-refractivity contribution >= 4 is 16.8 Å². The first kappa shape index (κ1) is 13.5. The van der Waals surface area contributed by atoms with E-state index in [4.69, 9.17) is 0 Å². The molecule has 0 aromatic carbocycles. The standard InChI is InChI=1S/C13H22N2O3S/c16-12(17)13(14-10-1-2-10)4-3-11(9-13)15-5-7-19(18)8-6-15/h10-11,14H,1-9H2,(H,16,17). The molecule has 1 saturated heterocycles. The minimum absolute atomic E-state index is 0.347. The van der Waals surface area contributed by atoms with Crippen molar-refractivity contribution in [1.29, 1.82) is 0 Å². The molecule has 2 aliphatic carbocycles. The van der Waals surface area contributed by atoms with Crippen LogP contribution >= 0.6 is 0 Å². The molecular weight excluding hydrogens is 264 g/mol. The van der Waals surface area contributed by atoms with Gasteiger partial charge < -0.3 is 5.11 Å². The molecule has 1 aliphatic heterocycles. The fraction of sp³-hybridized carbons (Fsp3) is 0.923. The molecule has 6 heteroatoms.